The summed E-state index contributed by atoms with van der Waals surface area (Å²) < 4.78 is 3.60. The molecule has 5 heteroatoms. The second kappa shape index (κ2) is 6.03. The number of alkyl halides is 1. The van der Waals surface area contributed by atoms with Gasteiger partial charge in [0.1, 0.15) is 0 Å². The van der Waals surface area contributed by atoms with Crippen LogP contribution in [0.2, 0.25) is 0 Å². The zero-order chi connectivity index (χ0) is 12.6. The van der Waals surface area contributed by atoms with Crippen LogP contribution in [0.5, 0.6) is 0 Å². The van der Waals surface area contributed by atoms with Crippen LogP contribution in [0, 0.1) is 10.5 Å². The van der Waals surface area contributed by atoms with Crippen LogP contribution in [0.1, 0.15) is 20.8 Å². The normalized spacial score (nSPS) is 12.8. The minimum atomic E-state index is 0.238. The summed E-state index contributed by atoms with van der Waals surface area (Å²) in [6.07, 6.45) is 0. The van der Waals surface area contributed by atoms with Gasteiger partial charge in [0, 0.05) is 12.9 Å². The Balaban J connectivity index is 2.42. The Labute approximate surface area is 144 Å². The second-order valence-corrected chi connectivity index (χ2v) is 9.05. The van der Waals surface area contributed by atoms with E-state index in [9.17, 15) is 0 Å². The Hall–Kier alpha value is 1.09. The summed E-state index contributed by atoms with van der Waals surface area (Å²) in [6, 6.07) is 8.62. The van der Waals surface area contributed by atoms with Gasteiger partial charge in [-0.15, -0.1) is 11.3 Å². The largest absolute Gasteiger partial charge is 0.131 e. The van der Waals surface area contributed by atoms with Gasteiger partial charge in [-0.1, -0.05) is 31.9 Å². The Morgan fingerprint density at radius 1 is 1.24 bits per heavy atom. The van der Waals surface area contributed by atoms with E-state index in [1.54, 1.807) is 11.3 Å². The topological polar surface area (TPSA) is 0 Å². The summed E-state index contributed by atoms with van der Waals surface area (Å²) in [5, 5.41) is 0. The smallest absolute Gasteiger partial charge is 0.0749 e. The predicted molar refractivity (Wildman–Crippen MR) is 94.4 cm³/mol. The van der Waals surface area contributed by atoms with E-state index in [1.807, 2.05) is 0 Å². The second-order valence-electron chi connectivity index (χ2n) is 3.63. The van der Waals surface area contributed by atoms with Gasteiger partial charge in [0.25, 0.3) is 0 Å². The first-order valence-corrected chi connectivity index (χ1v) is 9.23. The SMILES string of the molecule is Cc1cc(C(Br)c2cc(I)ccc2Br)sc1Br. The van der Waals surface area contributed by atoms with E-state index >= 15 is 0 Å². The molecule has 0 nitrogen and oxygen atoms in total. The van der Waals surface area contributed by atoms with Crippen LogP contribution in [0.15, 0.2) is 32.5 Å². The number of thiophene rings is 1. The van der Waals surface area contributed by atoms with Crippen LogP contribution in [-0.4, -0.2) is 0 Å². The predicted octanol–water partition coefficient (Wildman–Crippen LogP) is 6.67. The Kier molecular flexibility index (Phi) is 5.14. The van der Waals surface area contributed by atoms with E-state index in [1.165, 1.54) is 23.4 Å². The highest BCUT2D eigenvalue weighted by Gasteiger charge is 2.17. The maximum atomic E-state index is 3.78. The van der Waals surface area contributed by atoms with Crippen LogP contribution in [0.4, 0.5) is 0 Å². The molecule has 0 radical (unpaired) electrons. The van der Waals surface area contributed by atoms with Crippen molar-refractivity contribution in [3.8, 4) is 0 Å². The molecule has 90 valence electrons. The minimum absolute atomic E-state index is 0.238. The van der Waals surface area contributed by atoms with Crippen molar-refractivity contribution in [2.75, 3.05) is 0 Å². The fraction of sp³-hybridized carbons (Fsp3) is 0.167. The molecule has 1 atom stereocenters. The molecule has 0 N–H and O–H groups in total. The molecule has 0 aliphatic carbocycles. The monoisotopic (exact) mass is 548 g/mol. The molecule has 0 bridgehead atoms. The van der Waals surface area contributed by atoms with E-state index < -0.39 is 0 Å². The van der Waals surface area contributed by atoms with Crippen LogP contribution in [0.3, 0.4) is 0 Å². The van der Waals surface area contributed by atoms with Crippen LogP contribution in [0.25, 0.3) is 0 Å². The van der Waals surface area contributed by atoms with Gasteiger partial charge in [-0.05, 0) is 80.8 Å². The number of aryl methyl sites for hydroxylation is 1. The van der Waals surface area contributed by atoms with E-state index in [4.69, 9.17) is 0 Å². The highest BCUT2D eigenvalue weighted by Crippen LogP contribution is 2.41. The molecule has 0 amide bonds. The van der Waals surface area contributed by atoms with Crippen LogP contribution < -0.4 is 0 Å². The molecule has 17 heavy (non-hydrogen) atoms. The number of halogens is 4. The number of rotatable bonds is 2. The molecular formula is C12H8Br3IS. The van der Waals surface area contributed by atoms with Crippen molar-refractivity contribution in [3.05, 3.63) is 52.1 Å². The number of benzene rings is 1. The average Bonchev–Trinajstić information content (AvgIpc) is 2.62. The van der Waals surface area contributed by atoms with Crippen molar-refractivity contribution < 1.29 is 0 Å². The summed E-state index contributed by atoms with van der Waals surface area (Å²) >= 11 is 15.1. The Bertz CT molecular complexity index is 531. The molecule has 1 aromatic carbocycles. The third kappa shape index (κ3) is 3.35. The van der Waals surface area contributed by atoms with Crippen molar-refractivity contribution in [1.29, 1.82) is 0 Å². The third-order valence-corrected chi connectivity index (χ3v) is 7.24. The van der Waals surface area contributed by atoms with Crippen molar-refractivity contribution >= 4 is 81.7 Å². The fourth-order valence-electron chi connectivity index (χ4n) is 1.47. The first-order valence-electron chi connectivity index (χ1n) is 4.84. The molecule has 0 aliphatic heterocycles. The van der Waals surface area contributed by atoms with E-state index in [-0.39, 0.29) is 4.83 Å². The lowest BCUT2D eigenvalue weighted by atomic mass is 10.1. The standard InChI is InChI=1S/C12H8Br3IS/c1-6-4-10(17-12(6)15)11(14)8-5-7(16)2-3-9(8)13/h2-5,11H,1H3. The molecule has 1 heterocycles. The van der Waals surface area contributed by atoms with Crippen molar-refractivity contribution in [2.45, 2.75) is 11.8 Å². The molecule has 2 aromatic rings. The Morgan fingerprint density at radius 2 is 1.94 bits per heavy atom. The summed E-state index contributed by atoms with van der Waals surface area (Å²) in [6.45, 7) is 2.12. The zero-order valence-electron chi connectivity index (χ0n) is 8.81. The van der Waals surface area contributed by atoms with Crippen molar-refractivity contribution in [2.24, 2.45) is 0 Å². The van der Waals surface area contributed by atoms with Gasteiger partial charge < -0.3 is 0 Å². The van der Waals surface area contributed by atoms with Crippen LogP contribution >= 0.6 is 81.7 Å². The minimum Gasteiger partial charge on any atom is -0.131 e. The van der Waals surface area contributed by atoms with Gasteiger partial charge in [-0.3, -0.25) is 0 Å². The molecule has 0 aliphatic rings. The van der Waals surface area contributed by atoms with Gasteiger partial charge in [0.2, 0.25) is 0 Å². The van der Waals surface area contributed by atoms with Gasteiger partial charge in [0.15, 0.2) is 0 Å². The van der Waals surface area contributed by atoms with Gasteiger partial charge >= 0.3 is 0 Å². The highest BCUT2D eigenvalue weighted by molar-refractivity contribution is 14.1. The van der Waals surface area contributed by atoms with E-state index in [2.05, 4.69) is 102 Å². The van der Waals surface area contributed by atoms with Crippen molar-refractivity contribution in [1.82, 2.24) is 0 Å². The molecule has 1 aromatic heterocycles. The number of hydrogen-bond acceptors (Lipinski definition) is 1. The maximum Gasteiger partial charge on any atom is 0.0749 e. The molecule has 0 fully saturated rings. The summed E-state index contributed by atoms with van der Waals surface area (Å²) in [4.78, 5) is 1.55. The molecule has 0 spiro atoms. The van der Waals surface area contributed by atoms with E-state index in [0.717, 1.165) is 4.47 Å². The summed E-state index contributed by atoms with van der Waals surface area (Å²) in [5.74, 6) is 0. The molecular weight excluding hydrogens is 543 g/mol. The molecule has 0 saturated heterocycles. The lowest BCUT2D eigenvalue weighted by Gasteiger charge is -2.11. The lowest BCUT2D eigenvalue weighted by Crippen LogP contribution is -1.92. The van der Waals surface area contributed by atoms with Gasteiger partial charge in [0.05, 0.1) is 8.61 Å². The average molecular weight is 551 g/mol. The molecule has 0 saturated carbocycles. The third-order valence-electron chi connectivity index (χ3n) is 2.36. The Morgan fingerprint density at radius 3 is 2.53 bits per heavy atom. The molecule has 1 unspecified atom stereocenters. The first-order chi connectivity index (χ1) is 7.99. The molecule has 2 rings (SSSR count). The maximum absolute atomic E-state index is 3.78. The zero-order valence-corrected chi connectivity index (χ0v) is 16.5. The van der Waals surface area contributed by atoms with E-state index in [0.29, 0.717) is 0 Å². The first kappa shape index (κ1) is 14.5. The summed E-state index contributed by atoms with van der Waals surface area (Å²) in [7, 11) is 0. The lowest BCUT2D eigenvalue weighted by molar-refractivity contribution is 1.20. The summed E-state index contributed by atoms with van der Waals surface area (Å²) in [5.41, 5.74) is 2.56. The number of hydrogen-bond donors (Lipinski definition) is 0. The van der Waals surface area contributed by atoms with Crippen molar-refractivity contribution in [3.63, 3.8) is 0 Å². The van der Waals surface area contributed by atoms with Gasteiger partial charge in [-0.2, -0.15) is 0 Å². The highest BCUT2D eigenvalue weighted by atomic mass is 127. The fourth-order valence-corrected chi connectivity index (χ4v) is 5.13. The van der Waals surface area contributed by atoms with Gasteiger partial charge in [-0.25, -0.2) is 0 Å². The van der Waals surface area contributed by atoms with Crippen LogP contribution in [-0.2, 0) is 0 Å². The quantitative estimate of drug-likeness (QED) is 0.289.